The summed E-state index contributed by atoms with van der Waals surface area (Å²) in [4.78, 5) is 23.7. The largest absolute Gasteiger partial charge is 0.463 e. The van der Waals surface area contributed by atoms with Crippen LogP contribution in [0.3, 0.4) is 0 Å². The van der Waals surface area contributed by atoms with Crippen molar-refractivity contribution in [1.29, 1.82) is 0 Å². The Balaban J connectivity index is 2.02. The van der Waals surface area contributed by atoms with E-state index in [1.165, 1.54) is 0 Å². The molecule has 1 heterocycles. The lowest BCUT2D eigenvalue weighted by atomic mass is 9.57. The van der Waals surface area contributed by atoms with Crippen molar-refractivity contribution in [1.82, 2.24) is 0 Å². The smallest absolute Gasteiger partial charge is 0.347 e. The molecule has 18 heavy (non-hydrogen) atoms. The molecule has 0 aromatic rings. The molecule has 2 fully saturated rings. The topological polar surface area (TPSA) is 52.6 Å². The Hall–Kier alpha value is -1.06. The van der Waals surface area contributed by atoms with E-state index in [9.17, 15) is 9.59 Å². The van der Waals surface area contributed by atoms with Crippen LogP contribution >= 0.6 is 0 Å². The van der Waals surface area contributed by atoms with Crippen molar-refractivity contribution in [3.63, 3.8) is 0 Å². The van der Waals surface area contributed by atoms with Gasteiger partial charge >= 0.3 is 11.9 Å². The Morgan fingerprint density at radius 1 is 1.50 bits per heavy atom. The first-order valence-corrected chi connectivity index (χ1v) is 6.83. The molecule has 0 aromatic carbocycles. The lowest BCUT2D eigenvalue weighted by Crippen LogP contribution is -2.48. The van der Waals surface area contributed by atoms with Gasteiger partial charge in [-0.2, -0.15) is 0 Å². The van der Waals surface area contributed by atoms with E-state index in [1.807, 2.05) is 0 Å². The maximum atomic E-state index is 12.4. The zero-order chi connectivity index (χ0) is 13.3. The zero-order valence-electron chi connectivity index (χ0n) is 11.4. The van der Waals surface area contributed by atoms with Crippen molar-refractivity contribution in [2.75, 3.05) is 6.61 Å². The molecule has 0 bridgehead atoms. The first-order chi connectivity index (χ1) is 8.45. The molecule has 2 rings (SSSR count). The third kappa shape index (κ3) is 2.25. The van der Waals surface area contributed by atoms with Crippen LogP contribution in [-0.2, 0) is 19.1 Å². The van der Waals surface area contributed by atoms with Gasteiger partial charge < -0.3 is 9.47 Å². The van der Waals surface area contributed by atoms with Crippen LogP contribution in [0.4, 0.5) is 0 Å². The molecule has 0 spiro atoms. The van der Waals surface area contributed by atoms with E-state index >= 15 is 0 Å². The molecule has 0 N–H and O–H groups in total. The Labute approximate surface area is 108 Å². The normalized spacial score (nSPS) is 35.2. The zero-order valence-corrected chi connectivity index (χ0v) is 11.4. The van der Waals surface area contributed by atoms with Gasteiger partial charge in [0.25, 0.3) is 0 Å². The first kappa shape index (κ1) is 13.4. The van der Waals surface area contributed by atoms with Gasteiger partial charge in [0.1, 0.15) is 0 Å². The SMILES string of the molecule is CC(C)CC1(C(=O)OC2CCOC2=O)CCC1C. The summed E-state index contributed by atoms with van der Waals surface area (Å²) in [6.07, 6.45) is 2.62. The van der Waals surface area contributed by atoms with Gasteiger partial charge in [-0.3, -0.25) is 4.79 Å². The van der Waals surface area contributed by atoms with Gasteiger partial charge in [0.2, 0.25) is 6.10 Å². The summed E-state index contributed by atoms with van der Waals surface area (Å²) in [5.74, 6) is 0.217. The van der Waals surface area contributed by atoms with Crippen LogP contribution in [0.1, 0.15) is 46.5 Å². The number of cyclic esters (lactones) is 1. The molecule has 1 aliphatic heterocycles. The predicted molar refractivity (Wildman–Crippen MR) is 65.7 cm³/mol. The second kappa shape index (κ2) is 4.90. The molecule has 1 saturated carbocycles. The molecule has 0 amide bonds. The highest BCUT2D eigenvalue weighted by molar-refractivity contribution is 5.84. The summed E-state index contributed by atoms with van der Waals surface area (Å²) in [6.45, 7) is 6.69. The minimum Gasteiger partial charge on any atom is -0.463 e. The summed E-state index contributed by atoms with van der Waals surface area (Å²) < 4.78 is 10.2. The number of ether oxygens (including phenoxy) is 2. The average molecular weight is 254 g/mol. The molecule has 0 aromatic heterocycles. The summed E-state index contributed by atoms with van der Waals surface area (Å²) in [6, 6.07) is 0. The summed E-state index contributed by atoms with van der Waals surface area (Å²) in [7, 11) is 0. The van der Waals surface area contributed by atoms with Crippen LogP contribution < -0.4 is 0 Å². The molecular weight excluding hydrogens is 232 g/mol. The van der Waals surface area contributed by atoms with Crippen molar-refractivity contribution >= 4 is 11.9 Å². The molecule has 102 valence electrons. The van der Waals surface area contributed by atoms with Gasteiger partial charge in [0.15, 0.2) is 0 Å². The molecule has 4 nitrogen and oxygen atoms in total. The quantitative estimate of drug-likeness (QED) is 0.722. The van der Waals surface area contributed by atoms with Crippen molar-refractivity contribution < 1.29 is 19.1 Å². The lowest BCUT2D eigenvalue weighted by Gasteiger charge is -2.47. The number of carbonyl (C=O) groups excluding carboxylic acids is 2. The minimum atomic E-state index is -0.672. The Bertz CT molecular complexity index is 350. The van der Waals surface area contributed by atoms with E-state index in [2.05, 4.69) is 20.8 Å². The number of hydrogen-bond donors (Lipinski definition) is 0. The van der Waals surface area contributed by atoms with Crippen molar-refractivity contribution in [3.8, 4) is 0 Å². The first-order valence-electron chi connectivity index (χ1n) is 6.83. The standard InChI is InChI=1S/C14H22O4/c1-9(2)8-14(6-4-10(14)3)13(16)18-11-5-7-17-12(11)15/h9-11H,4-8H2,1-3H3. The van der Waals surface area contributed by atoms with Crippen LogP contribution in [0.2, 0.25) is 0 Å². The Morgan fingerprint density at radius 2 is 2.22 bits per heavy atom. The minimum absolute atomic E-state index is 0.196. The maximum Gasteiger partial charge on any atom is 0.347 e. The highest BCUT2D eigenvalue weighted by Crippen LogP contribution is 2.51. The molecule has 1 aliphatic carbocycles. The highest BCUT2D eigenvalue weighted by Gasteiger charge is 2.52. The molecule has 4 heteroatoms. The van der Waals surface area contributed by atoms with Crippen LogP contribution in [0.15, 0.2) is 0 Å². The number of rotatable bonds is 4. The summed E-state index contributed by atoms with van der Waals surface area (Å²) in [5, 5.41) is 0. The van der Waals surface area contributed by atoms with Gasteiger partial charge in [-0.15, -0.1) is 0 Å². The number of hydrogen-bond acceptors (Lipinski definition) is 4. The van der Waals surface area contributed by atoms with Crippen molar-refractivity contribution in [2.24, 2.45) is 17.3 Å². The van der Waals surface area contributed by atoms with E-state index in [-0.39, 0.29) is 11.4 Å². The van der Waals surface area contributed by atoms with E-state index in [0.29, 0.717) is 24.9 Å². The second-order valence-electron chi connectivity index (χ2n) is 6.04. The van der Waals surface area contributed by atoms with Gasteiger partial charge in [-0.25, -0.2) is 4.79 Å². The Morgan fingerprint density at radius 3 is 2.61 bits per heavy atom. The van der Waals surface area contributed by atoms with Gasteiger partial charge in [-0.1, -0.05) is 20.8 Å². The number of carbonyl (C=O) groups is 2. The Kier molecular flexibility index (Phi) is 3.64. The lowest BCUT2D eigenvalue weighted by molar-refractivity contribution is -0.179. The van der Waals surface area contributed by atoms with Crippen LogP contribution in [0, 0.1) is 17.3 Å². The number of esters is 2. The molecule has 0 radical (unpaired) electrons. The van der Waals surface area contributed by atoms with Gasteiger partial charge in [0.05, 0.1) is 12.0 Å². The molecular formula is C14H22O4. The van der Waals surface area contributed by atoms with E-state index in [4.69, 9.17) is 9.47 Å². The molecule has 1 saturated heterocycles. The maximum absolute atomic E-state index is 12.4. The van der Waals surface area contributed by atoms with Crippen molar-refractivity contribution in [2.45, 2.75) is 52.6 Å². The summed E-state index contributed by atoms with van der Waals surface area (Å²) >= 11 is 0. The van der Waals surface area contributed by atoms with E-state index in [1.54, 1.807) is 0 Å². The summed E-state index contributed by atoms with van der Waals surface area (Å²) in [5.41, 5.74) is -0.364. The fourth-order valence-corrected chi connectivity index (χ4v) is 3.03. The van der Waals surface area contributed by atoms with Crippen LogP contribution in [0.25, 0.3) is 0 Å². The average Bonchev–Trinajstić information content (AvgIpc) is 2.69. The fourth-order valence-electron chi connectivity index (χ4n) is 3.03. The molecule has 3 unspecified atom stereocenters. The highest BCUT2D eigenvalue weighted by atomic mass is 16.6. The monoisotopic (exact) mass is 254 g/mol. The van der Waals surface area contributed by atoms with E-state index in [0.717, 1.165) is 19.3 Å². The second-order valence-corrected chi connectivity index (χ2v) is 6.04. The molecule has 3 atom stereocenters. The van der Waals surface area contributed by atoms with Crippen molar-refractivity contribution in [3.05, 3.63) is 0 Å². The fraction of sp³-hybridized carbons (Fsp3) is 0.857. The molecule has 2 aliphatic rings. The predicted octanol–water partition coefficient (Wildman–Crippen LogP) is 2.31. The van der Waals surface area contributed by atoms with Gasteiger partial charge in [-0.05, 0) is 31.1 Å². The third-order valence-electron chi connectivity index (χ3n) is 4.28. The van der Waals surface area contributed by atoms with Crippen LogP contribution in [-0.4, -0.2) is 24.6 Å². The van der Waals surface area contributed by atoms with Gasteiger partial charge in [0, 0.05) is 6.42 Å². The van der Waals surface area contributed by atoms with E-state index < -0.39 is 12.1 Å². The third-order valence-corrected chi connectivity index (χ3v) is 4.28. The van der Waals surface area contributed by atoms with Crippen LogP contribution in [0.5, 0.6) is 0 Å².